The van der Waals surface area contributed by atoms with Gasteiger partial charge in [0, 0.05) is 5.56 Å². The molecule has 0 bridgehead atoms. The Morgan fingerprint density at radius 1 is 1.14 bits per heavy atom. The number of urea groups is 1. The molecule has 1 atom stereocenters. The number of nitrogens with zero attached hydrogens (tertiary/aromatic N) is 2. The largest absolute Gasteiger partial charge is 0.434 e. The zero-order valence-corrected chi connectivity index (χ0v) is 15.1. The number of halogens is 2. The summed E-state index contributed by atoms with van der Waals surface area (Å²) in [5, 5.41) is 7.26. The Morgan fingerprint density at radius 2 is 1.82 bits per heavy atom. The van der Waals surface area contributed by atoms with E-state index >= 15 is 0 Å². The van der Waals surface area contributed by atoms with E-state index in [0.29, 0.717) is 17.9 Å². The van der Waals surface area contributed by atoms with E-state index in [1.165, 1.54) is 18.2 Å². The number of para-hydroxylation sites is 1. The normalized spacial score (nSPS) is 19.5. The van der Waals surface area contributed by atoms with Gasteiger partial charge in [0.1, 0.15) is 11.3 Å². The van der Waals surface area contributed by atoms with Crippen LogP contribution in [-0.4, -0.2) is 35.3 Å². The van der Waals surface area contributed by atoms with Crippen molar-refractivity contribution in [1.82, 2.24) is 10.3 Å². The van der Waals surface area contributed by atoms with Crippen LogP contribution in [0.1, 0.15) is 24.5 Å². The van der Waals surface area contributed by atoms with E-state index in [1.54, 1.807) is 13.0 Å². The minimum Gasteiger partial charge on any atom is -0.434 e. The van der Waals surface area contributed by atoms with Crippen LogP contribution in [0.3, 0.4) is 0 Å². The molecule has 0 unspecified atom stereocenters. The monoisotopic (exact) mass is 387 g/mol. The molecule has 1 aliphatic rings. The van der Waals surface area contributed by atoms with E-state index in [0.717, 1.165) is 11.8 Å². The Labute approximate surface area is 160 Å². The van der Waals surface area contributed by atoms with Gasteiger partial charge in [0.15, 0.2) is 0 Å². The third-order valence-corrected chi connectivity index (χ3v) is 4.44. The number of carbonyl (C=O) groups is 2. The van der Waals surface area contributed by atoms with Crippen molar-refractivity contribution in [3.63, 3.8) is 0 Å². The summed E-state index contributed by atoms with van der Waals surface area (Å²) in [7, 11) is 0. The van der Waals surface area contributed by atoms with Gasteiger partial charge in [-0.15, -0.1) is 5.01 Å². The summed E-state index contributed by atoms with van der Waals surface area (Å²) in [6.45, 7) is -1.35. The Hall–Kier alpha value is -3.29. The standard InChI is InChI=1S/C20H19F2N3O3/c1-20(12-11-14-7-3-2-4-8-14)17(26)25(19(27)24-20)23-13-15-9-5-6-10-16(15)28-18(21)22/h2-10,13,18H,11-12H2,1H3,(H,24,27)/b23-13-/t20-/m1/s1. The van der Waals surface area contributed by atoms with E-state index in [2.05, 4.69) is 15.2 Å². The minimum absolute atomic E-state index is 0.0971. The zero-order chi connectivity index (χ0) is 20.1. The van der Waals surface area contributed by atoms with Gasteiger partial charge in [-0.2, -0.15) is 13.9 Å². The predicted octanol–water partition coefficient (Wildman–Crippen LogP) is 3.57. The number of benzene rings is 2. The van der Waals surface area contributed by atoms with Crippen molar-refractivity contribution in [2.24, 2.45) is 5.10 Å². The molecular formula is C20H19F2N3O3. The molecule has 1 aliphatic heterocycles. The van der Waals surface area contributed by atoms with Gasteiger partial charge in [0.05, 0.1) is 6.21 Å². The van der Waals surface area contributed by atoms with Crippen molar-refractivity contribution in [1.29, 1.82) is 0 Å². The van der Waals surface area contributed by atoms with Crippen molar-refractivity contribution in [2.45, 2.75) is 31.9 Å². The Bertz CT molecular complexity index is 889. The van der Waals surface area contributed by atoms with Crippen molar-refractivity contribution in [3.8, 4) is 5.75 Å². The number of hydrogen-bond acceptors (Lipinski definition) is 4. The number of rotatable bonds is 7. The number of nitrogens with one attached hydrogen (secondary N) is 1. The Morgan fingerprint density at radius 3 is 2.54 bits per heavy atom. The number of hydrogen-bond donors (Lipinski definition) is 1. The van der Waals surface area contributed by atoms with Crippen LogP contribution in [0.4, 0.5) is 13.6 Å². The summed E-state index contributed by atoms with van der Waals surface area (Å²) in [6.07, 6.45) is 2.16. The highest BCUT2D eigenvalue weighted by Crippen LogP contribution is 2.24. The Kier molecular flexibility index (Phi) is 5.67. The van der Waals surface area contributed by atoms with Crippen LogP contribution >= 0.6 is 0 Å². The highest BCUT2D eigenvalue weighted by Gasteiger charge is 2.47. The second-order valence-electron chi connectivity index (χ2n) is 6.53. The van der Waals surface area contributed by atoms with Gasteiger partial charge in [-0.05, 0) is 37.5 Å². The van der Waals surface area contributed by atoms with Gasteiger partial charge in [-0.1, -0.05) is 42.5 Å². The molecule has 0 aromatic heterocycles. The van der Waals surface area contributed by atoms with Crippen molar-refractivity contribution in [2.75, 3.05) is 0 Å². The Balaban J connectivity index is 1.72. The molecule has 0 saturated carbocycles. The maximum absolute atomic E-state index is 12.7. The van der Waals surface area contributed by atoms with Gasteiger partial charge in [-0.3, -0.25) is 4.79 Å². The van der Waals surface area contributed by atoms with Crippen LogP contribution in [0, 0.1) is 0 Å². The summed E-state index contributed by atoms with van der Waals surface area (Å²) < 4.78 is 29.4. The third-order valence-electron chi connectivity index (χ3n) is 4.44. The zero-order valence-electron chi connectivity index (χ0n) is 15.1. The average molecular weight is 387 g/mol. The molecule has 0 aliphatic carbocycles. The predicted molar refractivity (Wildman–Crippen MR) is 99.2 cm³/mol. The van der Waals surface area contributed by atoms with Gasteiger partial charge >= 0.3 is 12.6 Å². The molecule has 1 saturated heterocycles. The van der Waals surface area contributed by atoms with Crippen molar-refractivity contribution in [3.05, 3.63) is 65.7 Å². The van der Waals surface area contributed by atoms with Gasteiger partial charge in [-0.25, -0.2) is 4.79 Å². The van der Waals surface area contributed by atoms with Crippen LogP contribution in [0.15, 0.2) is 59.7 Å². The number of hydrazone groups is 1. The number of imide groups is 1. The fourth-order valence-electron chi connectivity index (χ4n) is 2.89. The fraction of sp³-hybridized carbons (Fsp3) is 0.250. The average Bonchev–Trinajstić information content (AvgIpc) is 2.89. The number of carbonyl (C=O) groups excluding carboxylic acids is 2. The number of alkyl halides is 2. The fourth-order valence-corrected chi connectivity index (χ4v) is 2.89. The van der Waals surface area contributed by atoms with Gasteiger partial charge in [0.25, 0.3) is 5.91 Å². The summed E-state index contributed by atoms with van der Waals surface area (Å²) in [4.78, 5) is 24.9. The summed E-state index contributed by atoms with van der Waals surface area (Å²) in [5.41, 5.74) is 0.176. The first-order chi connectivity index (χ1) is 13.4. The molecule has 1 N–H and O–H groups in total. The molecule has 28 heavy (non-hydrogen) atoms. The van der Waals surface area contributed by atoms with E-state index in [1.807, 2.05) is 30.3 Å². The first-order valence-electron chi connectivity index (χ1n) is 8.67. The van der Waals surface area contributed by atoms with Crippen molar-refractivity contribution >= 4 is 18.2 Å². The van der Waals surface area contributed by atoms with Gasteiger partial charge in [0.2, 0.25) is 0 Å². The molecule has 2 aromatic rings. The van der Waals surface area contributed by atoms with Crippen LogP contribution in [0.5, 0.6) is 5.75 Å². The summed E-state index contributed by atoms with van der Waals surface area (Å²) >= 11 is 0. The van der Waals surface area contributed by atoms with Crippen molar-refractivity contribution < 1.29 is 23.1 Å². The highest BCUT2D eigenvalue weighted by molar-refractivity contribution is 6.07. The first-order valence-corrected chi connectivity index (χ1v) is 8.67. The molecule has 6 nitrogen and oxygen atoms in total. The molecule has 2 aromatic carbocycles. The lowest BCUT2D eigenvalue weighted by molar-refractivity contribution is -0.131. The number of aryl methyl sites for hydroxylation is 1. The summed E-state index contributed by atoms with van der Waals surface area (Å²) in [6, 6.07) is 14.9. The highest BCUT2D eigenvalue weighted by atomic mass is 19.3. The molecule has 3 amide bonds. The van der Waals surface area contributed by atoms with Crippen LogP contribution in [0.25, 0.3) is 0 Å². The van der Waals surface area contributed by atoms with E-state index < -0.39 is 24.1 Å². The number of ether oxygens (including phenoxy) is 1. The van der Waals surface area contributed by atoms with E-state index in [9.17, 15) is 18.4 Å². The second kappa shape index (κ2) is 8.16. The molecule has 1 heterocycles. The van der Waals surface area contributed by atoms with E-state index in [-0.39, 0.29) is 11.3 Å². The smallest absolute Gasteiger partial charge is 0.387 e. The maximum atomic E-state index is 12.7. The molecule has 8 heteroatoms. The van der Waals surface area contributed by atoms with Crippen LogP contribution in [0.2, 0.25) is 0 Å². The summed E-state index contributed by atoms with van der Waals surface area (Å²) in [5.74, 6) is -0.600. The quantitative estimate of drug-likeness (QED) is 0.583. The first kappa shape index (κ1) is 19.5. The second-order valence-corrected chi connectivity index (χ2v) is 6.53. The number of amides is 3. The molecule has 3 rings (SSSR count). The third kappa shape index (κ3) is 4.33. The SMILES string of the molecule is C[C@]1(CCc2ccccc2)NC(=O)N(/N=C\c2ccccc2OC(F)F)C1=O. The molecule has 0 radical (unpaired) electrons. The van der Waals surface area contributed by atoms with E-state index in [4.69, 9.17) is 0 Å². The molecule has 0 spiro atoms. The molecular weight excluding hydrogens is 368 g/mol. The molecule has 1 fully saturated rings. The lowest BCUT2D eigenvalue weighted by atomic mass is 9.93. The maximum Gasteiger partial charge on any atom is 0.387 e. The van der Waals surface area contributed by atoms with Gasteiger partial charge < -0.3 is 10.1 Å². The van der Waals surface area contributed by atoms with Crippen LogP contribution in [-0.2, 0) is 11.2 Å². The van der Waals surface area contributed by atoms with Crippen LogP contribution < -0.4 is 10.1 Å². The topological polar surface area (TPSA) is 71.0 Å². The molecule has 146 valence electrons. The lowest BCUT2D eigenvalue weighted by Crippen LogP contribution is -2.44. The lowest BCUT2D eigenvalue weighted by Gasteiger charge is -2.20. The minimum atomic E-state index is -2.99.